The predicted molar refractivity (Wildman–Crippen MR) is 69.9 cm³/mol. The molecule has 1 atom stereocenters. The van der Waals surface area contributed by atoms with Gasteiger partial charge in [-0.3, -0.25) is 9.89 Å². The Morgan fingerprint density at radius 2 is 2.25 bits per heavy atom. The summed E-state index contributed by atoms with van der Waals surface area (Å²) in [5, 5.41) is 15.9. The van der Waals surface area contributed by atoms with Crippen molar-refractivity contribution >= 4 is 12.0 Å². The summed E-state index contributed by atoms with van der Waals surface area (Å²) in [6.07, 6.45) is 0.474. The molecule has 0 aliphatic carbocycles. The first-order chi connectivity index (χ1) is 9.32. The lowest BCUT2D eigenvalue weighted by Gasteiger charge is -2.25. The van der Waals surface area contributed by atoms with Crippen molar-refractivity contribution in [3.63, 3.8) is 0 Å². The zero-order valence-electron chi connectivity index (χ0n) is 11.9. The fourth-order valence-corrected chi connectivity index (χ4v) is 2.28. The van der Waals surface area contributed by atoms with Crippen molar-refractivity contribution in [2.75, 3.05) is 20.1 Å². The molecule has 2 rings (SSSR count). The van der Waals surface area contributed by atoms with E-state index in [1.165, 1.54) is 4.90 Å². The lowest BCUT2D eigenvalue weighted by molar-refractivity contribution is -0.147. The van der Waals surface area contributed by atoms with Crippen molar-refractivity contribution < 1.29 is 14.7 Å². The largest absolute Gasteiger partial charge is 0.481 e. The van der Waals surface area contributed by atoms with Gasteiger partial charge in [0.1, 0.15) is 5.82 Å². The van der Waals surface area contributed by atoms with Crippen LogP contribution >= 0.6 is 0 Å². The minimum absolute atomic E-state index is 0.197. The number of aryl methyl sites for hydroxylation is 1. The van der Waals surface area contributed by atoms with Gasteiger partial charge < -0.3 is 14.9 Å². The van der Waals surface area contributed by atoms with Crippen molar-refractivity contribution in [3.8, 4) is 0 Å². The first kappa shape index (κ1) is 14.3. The van der Waals surface area contributed by atoms with Crippen LogP contribution in [0.5, 0.6) is 0 Å². The van der Waals surface area contributed by atoms with Crippen molar-refractivity contribution in [3.05, 3.63) is 11.6 Å². The van der Waals surface area contributed by atoms with Crippen molar-refractivity contribution in [1.82, 2.24) is 25.0 Å². The molecule has 1 aromatic rings. The molecule has 1 saturated heterocycles. The molecule has 20 heavy (non-hydrogen) atoms. The number of aromatic amines is 1. The summed E-state index contributed by atoms with van der Waals surface area (Å²) in [5.74, 6) is 0.374. The molecule has 110 valence electrons. The Labute approximate surface area is 116 Å². The number of carboxylic acid groups (broad SMARTS) is 1. The fraction of sp³-hybridized carbons (Fsp3) is 0.667. The highest BCUT2D eigenvalue weighted by Crippen LogP contribution is 2.30. The van der Waals surface area contributed by atoms with Gasteiger partial charge in [-0.15, -0.1) is 0 Å². The number of aromatic nitrogens is 3. The Morgan fingerprint density at radius 1 is 1.55 bits per heavy atom. The second-order valence-electron chi connectivity index (χ2n) is 5.51. The summed E-state index contributed by atoms with van der Waals surface area (Å²) in [5.41, 5.74) is -0.850. The first-order valence-corrected chi connectivity index (χ1v) is 6.43. The molecular formula is C12H19N5O3. The molecule has 1 aliphatic heterocycles. The van der Waals surface area contributed by atoms with Crippen LogP contribution in [0, 0.1) is 12.3 Å². The lowest BCUT2D eigenvalue weighted by Crippen LogP contribution is -2.41. The zero-order valence-corrected chi connectivity index (χ0v) is 11.9. The van der Waals surface area contributed by atoms with Gasteiger partial charge in [-0.25, -0.2) is 9.78 Å². The summed E-state index contributed by atoms with van der Waals surface area (Å²) in [6.45, 7) is 4.44. The van der Waals surface area contributed by atoms with Crippen LogP contribution < -0.4 is 0 Å². The summed E-state index contributed by atoms with van der Waals surface area (Å²) in [6, 6.07) is -0.197. The molecule has 2 N–H and O–H groups in total. The number of nitrogens with zero attached hydrogens (tertiary/aromatic N) is 4. The first-order valence-electron chi connectivity index (χ1n) is 6.43. The third-order valence-electron chi connectivity index (χ3n) is 3.61. The van der Waals surface area contributed by atoms with Gasteiger partial charge >= 0.3 is 12.0 Å². The van der Waals surface area contributed by atoms with E-state index in [0.717, 1.165) is 0 Å². The quantitative estimate of drug-likeness (QED) is 0.838. The van der Waals surface area contributed by atoms with Crippen molar-refractivity contribution in [2.45, 2.75) is 26.8 Å². The van der Waals surface area contributed by atoms with E-state index in [9.17, 15) is 14.7 Å². The minimum Gasteiger partial charge on any atom is -0.481 e. The van der Waals surface area contributed by atoms with Crippen molar-refractivity contribution in [2.24, 2.45) is 5.41 Å². The van der Waals surface area contributed by atoms with E-state index in [2.05, 4.69) is 15.2 Å². The lowest BCUT2D eigenvalue weighted by atomic mass is 9.90. The Hall–Kier alpha value is -2.12. The van der Waals surface area contributed by atoms with Gasteiger partial charge in [0.15, 0.2) is 5.82 Å². The van der Waals surface area contributed by atoms with E-state index >= 15 is 0 Å². The molecule has 1 aliphatic rings. The van der Waals surface area contributed by atoms with Gasteiger partial charge in [-0.1, -0.05) is 0 Å². The van der Waals surface area contributed by atoms with Gasteiger partial charge in [0.05, 0.1) is 12.0 Å². The van der Waals surface area contributed by atoms with Crippen LogP contribution in [0.2, 0.25) is 0 Å². The summed E-state index contributed by atoms with van der Waals surface area (Å²) in [4.78, 5) is 30.6. The highest BCUT2D eigenvalue weighted by molar-refractivity contribution is 5.79. The topological polar surface area (TPSA) is 102 Å². The molecule has 8 heteroatoms. The molecular weight excluding hydrogens is 262 g/mol. The van der Waals surface area contributed by atoms with Crippen LogP contribution in [0.4, 0.5) is 4.79 Å². The Morgan fingerprint density at radius 3 is 2.75 bits per heavy atom. The SMILES string of the molecule is Cc1nc(CN(C)C(=O)N2CCC(C)(C(=O)O)C2)n[nH]1. The van der Waals surface area contributed by atoms with E-state index in [0.29, 0.717) is 31.2 Å². The summed E-state index contributed by atoms with van der Waals surface area (Å²) >= 11 is 0. The van der Waals surface area contributed by atoms with Crippen LogP contribution in [-0.4, -0.2) is 62.2 Å². The number of aliphatic carboxylic acids is 1. The number of amides is 2. The second-order valence-corrected chi connectivity index (χ2v) is 5.51. The summed E-state index contributed by atoms with van der Waals surface area (Å²) < 4.78 is 0. The van der Waals surface area contributed by atoms with E-state index in [-0.39, 0.29) is 12.6 Å². The Bertz CT molecular complexity index is 529. The van der Waals surface area contributed by atoms with E-state index in [4.69, 9.17) is 0 Å². The van der Waals surface area contributed by atoms with Crippen molar-refractivity contribution in [1.29, 1.82) is 0 Å². The molecule has 0 aromatic carbocycles. The van der Waals surface area contributed by atoms with Gasteiger partial charge in [0.25, 0.3) is 0 Å². The average molecular weight is 281 g/mol. The fourth-order valence-electron chi connectivity index (χ4n) is 2.28. The van der Waals surface area contributed by atoms with Crippen LogP contribution in [0.3, 0.4) is 0 Å². The van der Waals surface area contributed by atoms with Crippen LogP contribution in [0.25, 0.3) is 0 Å². The van der Waals surface area contributed by atoms with E-state index in [1.54, 1.807) is 25.8 Å². The maximum atomic E-state index is 12.3. The van der Waals surface area contributed by atoms with Gasteiger partial charge in [-0.05, 0) is 20.3 Å². The van der Waals surface area contributed by atoms with E-state index in [1.807, 2.05) is 0 Å². The smallest absolute Gasteiger partial charge is 0.320 e. The standard InChI is InChI=1S/C12H19N5O3/c1-8-13-9(15-14-8)6-16(3)11(20)17-5-4-12(2,7-17)10(18)19/h4-7H2,1-3H3,(H,18,19)(H,13,14,15). The molecule has 1 aromatic heterocycles. The molecule has 0 bridgehead atoms. The number of carbonyl (C=O) groups is 2. The number of hydrogen-bond acceptors (Lipinski definition) is 4. The molecule has 2 heterocycles. The molecule has 0 spiro atoms. The normalized spacial score (nSPS) is 22.1. The number of nitrogens with one attached hydrogen (secondary N) is 1. The number of urea groups is 1. The van der Waals surface area contributed by atoms with Gasteiger partial charge in [0.2, 0.25) is 0 Å². The molecule has 1 unspecified atom stereocenters. The highest BCUT2D eigenvalue weighted by atomic mass is 16.4. The Kier molecular flexibility index (Phi) is 3.65. The molecule has 0 saturated carbocycles. The highest BCUT2D eigenvalue weighted by Gasteiger charge is 2.42. The predicted octanol–water partition coefficient (Wildman–Crippen LogP) is 0.462. The van der Waals surface area contributed by atoms with Crippen LogP contribution in [-0.2, 0) is 11.3 Å². The summed E-state index contributed by atoms with van der Waals surface area (Å²) in [7, 11) is 1.66. The number of carboxylic acids is 1. The number of carbonyl (C=O) groups excluding carboxylic acids is 1. The molecule has 8 nitrogen and oxygen atoms in total. The van der Waals surface area contributed by atoms with Gasteiger partial charge in [-0.2, -0.15) is 5.10 Å². The number of H-pyrrole nitrogens is 1. The Balaban J connectivity index is 1.96. The second kappa shape index (κ2) is 5.10. The third-order valence-corrected chi connectivity index (χ3v) is 3.61. The zero-order chi connectivity index (χ0) is 14.9. The molecule has 2 amide bonds. The third kappa shape index (κ3) is 2.73. The molecule has 1 fully saturated rings. The minimum atomic E-state index is -0.861. The van der Waals surface area contributed by atoms with Gasteiger partial charge in [0, 0.05) is 20.1 Å². The number of hydrogen-bond donors (Lipinski definition) is 2. The van der Waals surface area contributed by atoms with Crippen LogP contribution in [0.1, 0.15) is 25.0 Å². The average Bonchev–Trinajstić information content (AvgIpc) is 2.96. The number of likely N-dealkylation sites (tertiary alicyclic amines) is 1. The monoisotopic (exact) mass is 281 g/mol. The number of rotatable bonds is 3. The van der Waals surface area contributed by atoms with Crippen LogP contribution in [0.15, 0.2) is 0 Å². The van der Waals surface area contributed by atoms with E-state index < -0.39 is 11.4 Å². The maximum absolute atomic E-state index is 12.3. The maximum Gasteiger partial charge on any atom is 0.320 e. The molecule has 0 radical (unpaired) electrons.